The minimum absolute atomic E-state index is 1.18. The van der Waals surface area contributed by atoms with E-state index in [9.17, 15) is 0 Å². The van der Waals surface area contributed by atoms with Crippen LogP contribution in [0.15, 0.2) is 42.5 Å². The van der Waals surface area contributed by atoms with Gasteiger partial charge in [0.15, 0.2) is 0 Å². The molecule has 1 aromatic rings. The normalized spacial score (nSPS) is 11.3. The number of hydrogen-bond donors (Lipinski definition) is 0. The van der Waals surface area contributed by atoms with Gasteiger partial charge in [0.2, 0.25) is 0 Å². The summed E-state index contributed by atoms with van der Waals surface area (Å²) in [5.74, 6) is 0. The molecule has 0 aromatic heterocycles. The third kappa shape index (κ3) is 11.6. The third-order valence-corrected chi connectivity index (χ3v) is 4.33. The summed E-state index contributed by atoms with van der Waals surface area (Å²) in [5, 5.41) is 0. The fraction of sp³-hybridized carbons (Fsp3) is 0.636. The molecule has 0 heterocycles. The number of hydrogen-bond acceptors (Lipinski definition) is 0. The molecule has 0 fully saturated rings. The summed E-state index contributed by atoms with van der Waals surface area (Å²) < 4.78 is 0. The molecule has 0 saturated carbocycles. The smallest absolute Gasteiger partial charge is 0.0244 e. The number of allylic oxidation sites excluding steroid dienone is 2. The van der Waals surface area contributed by atoms with E-state index in [1.807, 2.05) is 0 Å². The molecule has 22 heavy (non-hydrogen) atoms. The van der Waals surface area contributed by atoms with E-state index < -0.39 is 0 Å². The number of aryl methyl sites for hydroxylation is 1. The van der Waals surface area contributed by atoms with Gasteiger partial charge in [-0.2, -0.15) is 0 Å². The largest absolute Gasteiger partial charge is 0.0885 e. The molecule has 1 aromatic carbocycles. The zero-order valence-corrected chi connectivity index (χ0v) is 14.7. The Labute approximate surface area is 139 Å². The van der Waals surface area contributed by atoms with Crippen molar-refractivity contribution in [3.63, 3.8) is 0 Å². The number of benzene rings is 1. The minimum atomic E-state index is 1.18. The summed E-state index contributed by atoms with van der Waals surface area (Å²) in [6.07, 6.45) is 22.6. The maximum atomic E-state index is 2.38. The molecule has 0 unspecified atom stereocenters. The van der Waals surface area contributed by atoms with Gasteiger partial charge in [-0.15, -0.1) is 0 Å². The number of unbranched alkanes of at least 4 members (excludes halogenated alkanes) is 10. The first-order chi connectivity index (χ1) is 10.9. The van der Waals surface area contributed by atoms with Crippen molar-refractivity contribution in [3.05, 3.63) is 48.0 Å². The van der Waals surface area contributed by atoms with E-state index in [4.69, 9.17) is 0 Å². The fourth-order valence-corrected chi connectivity index (χ4v) is 2.88. The van der Waals surface area contributed by atoms with Crippen LogP contribution in [-0.2, 0) is 6.42 Å². The topological polar surface area (TPSA) is 0 Å². The molecule has 0 heteroatoms. The Bertz CT molecular complexity index is 350. The van der Waals surface area contributed by atoms with E-state index >= 15 is 0 Å². The van der Waals surface area contributed by atoms with Crippen LogP contribution in [0, 0.1) is 0 Å². The van der Waals surface area contributed by atoms with Crippen LogP contribution in [0.3, 0.4) is 0 Å². The molecular formula is C22H36. The maximum absolute atomic E-state index is 2.38. The standard InChI is InChI=1S/C22H36/c1-2-3-4-5-6-7-8-9-10-11-12-13-14-16-19-22-20-17-15-18-21-22/h13-15,17-18,20-21H,2-12,16,19H2,1H3/b14-13+. The highest BCUT2D eigenvalue weighted by molar-refractivity contribution is 5.15. The molecule has 0 spiro atoms. The van der Waals surface area contributed by atoms with Crippen LogP contribution in [-0.4, -0.2) is 0 Å². The number of rotatable bonds is 14. The predicted molar refractivity (Wildman–Crippen MR) is 100 cm³/mol. The molecule has 0 aliphatic carbocycles. The van der Waals surface area contributed by atoms with Crippen molar-refractivity contribution in [1.29, 1.82) is 0 Å². The van der Waals surface area contributed by atoms with E-state index in [1.165, 1.54) is 89.0 Å². The van der Waals surface area contributed by atoms with Gasteiger partial charge in [0.25, 0.3) is 0 Å². The summed E-state index contributed by atoms with van der Waals surface area (Å²) in [6.45, 7) is 2.29. The van der Waals surface area contributed by atoms with Gasteiger partial charge in [-0.1, -0.05) is 107 Å². The van der Waals surface area contributed by atoms with Gasteiger partial charge in [-0.05, 0) is 31.2 Å². The first kappa shape index (κ1) is 19.0. The molecule has 0 radical (unpaired) electrons. The molecule has 0 amide bonds. The molecule has 0 N–H and O–H groups in total. The van der Waals surface area contributed by atoms with Crippen LogP contribution in [0.4, 0.5) is 0 Å². The average Bonchev–Trinajstić information content (AvgIpc) is 2.56. The Morgan fingerprint density at radius 1 is 0.636 bits per heavy atom. The van der Waals surface area contributed by atoms with Crippen LogP contribution in [0.1, 0.15) is 89.5 Å². The van der Waals surface area contributed by atoms with E-state index in [2.05, 4.69) is 49.4 Å². The molecule has 0 bridgehead atoms. The fourth-order valence-electron chi connectivity index (χ4n) is 2.88. The molecule has 0 saturated heterocycles. The molecular weight excluding hydrogens is 264 g/mol. The highest BCUT2D eigenvalue weighted by Crippen LogP contribution is 2.11. The van der Waals surface area contributed by atoms with E-state index in [0.29, 0.717) is 0 Å². The zero-order chi connectivity index (χ0) is 15.7. The van der Waals surface area contributed by atoms with E-state index in [-0.39, 0.29) is 0 Å². The van der Waals surface area contributed by atoms with Crippen molar-refractivity contribution in [1.82, 2.24) is 0 Å². The van der Waals surface area contributed by atoms with Gasteiger partial charge in [0.05, 0.1) is 0 Å². The lowest BCUT2D eigenvalue weighted by molar-refractivity contribution is 0.557. The van der Waals surface area contributed by atoms with Crippen LogP contribution in [0.5, 0.6) is 0 Å². The summed E-state index contributed by atoms with van der Waals surface area (Å²) in [6, 6.07) is 10.8. The average molecular weight is 301 g/mol. The van der Waals surface area contributed by atoms with Gasteiger partial charge >= 0.3 is 0 Å². The lowest BCUT2D eigenvalue weighted by Gasteiger charge is -2.01. The highest BCUT2D eigenvalue weighted by Gasteiger charge is 1.92. The van der Waals surface area contributed by atoms with Crippen molar-refractivity contribution in [2.45, 2.75) is 90.4 Å². The van der Waals surface area contributed by atoms with Crippen molar-refractivity contribution in [2.75, 3.05) is 0 Å². The van der Waals surface area contributed by atoms with Crippen LogP contribution in [0.2, 0.25) is 0 Å². The molecule has 0 atom stereocenters. The summed E-state index contributed by atoms with van der Waals surface area (Å²) >= 11 is 0. The first-order valence-corrected chi connectivity index (χ1v) is 9.62. The molecule has 1 rings (SSSR count). The lowest BCUT2D eigenvalue weighted by Crippen LogP contribution is -1.82. The Balaban J connectivity index is 1.80. The molecule has 0 aliphatic rings. The molecule has 0 aliphatic heterocycles. The zero-order valence-electron chi connectivity index (χ0n) is 14.7. The van der Waals surface area contributed by atoms with Crippen molar-refractivity contribution >= 4 is 0 Å². The van der Waals surface area contributed by atoms with Crippen LogP contribution >= 0.6 is 0 Å². The second kappa shape index (κ2) is 14.9. The summed E-state index contributed by atoms with van der Waals surface area (Å²) in [5.41, 5.74) is 1.45. The Morgan fingerprint density at radius 2 is 1.18 bits per heavy atom. The van der Waals surface area contributed by atoms with E-state index in [0.717, 1.165) is 0 Å². The van der Waals surface area contributed by atoms with E-state index in [1.54, 1.807) is 0 Å². The van der Waals surface area contributed by atoms with Crippen LogP contribution < -0.4 is 0 Å². The van der Waals surface area contributed by atoms with Crippen molar-refractivity contribution < 1.29 is 0 Å². The second-order valence-corrected chi connectivity index (χ2v) is 6.47. The maximum Gasteiger partial charge on any atom is -0.0244 e. The quantitative estimate of drug-likeness (QED) is 0.247. The Morgan fingerprint density at radius 3 is 1.82 bits per heavy atom. The highest BCUT2D eigenvalue weighted by atomic mass is 14.0. The van der Waals surface area contributed by atoms with Gasteiger partial charge in [0.1, 0.15) is 0 Å². The van der Waals surface area contributed by atoms with Crippen LogP contribution in [0.25, 0.3) is 0 Å². The van der Waals surface area contributed by atoms with Gasteiger partial charge in [0, 0.05) is 0 Å². The molecule has 0 nitrogen and oxygen atoms in total. The monoisotopic (exact) mass is 300 g/mol. The van der Waals surface area contributed by atoms with Gasteiger partial charge < -0.3 is 0 Å². The summed E-state index contributed by atoms with van der Waals surface area (Å²) in [4.78, 5) is 0. The third-order valence-electron chi connectivity index (χ3n) is 4.33. The first-order valence-electron chi connectivity index (χ1n) is 9.62. The summed E-state index contributed by atoms with van der Waals surface area (Å²) in [7, 11) is 0. The minimum Gasteiger partial charge on any atom is -0.0885 e. The van der Waals surface area contributed by atoms with Crippen molar-refractivity contribution in [2.24, 2.45) is 0 Å². The van der Waals surface area contributed by atoms with Gasteiger partial charge in [-0.3, -0.25) is 0 Å². The Kier molecular flexibility index (Phi) is 12.9. The van der Waals surface area contributed by atoms with Crippen molar-refractivity contribution in [3.8, 4) is 0 Å². The predicted octanol–water partition coefficient (Wildman–Crippen LogP) is 7.49. The van der Waals surface area contributed by atoms with Gasteiger partial charge in [-0.25, -0.2) is 0 Å². The molecule has 124 valence electrons. The SMILES string of the molecule is CCCCCCCCCCCC/C=C/CCc1ccccc1. The second-order valence-electron chi connectivity index (χ2n) is 6.47. The Hall–Kier alpha value is -1.04. The lowest BCUT2D eigenvalue weighted by atomic mass is 10.1.